The molecule has 0 N–H and O–H groups in total. The van der Waals surface area contributed by atoms with Gasteiger partial charge in [0.05, 0.1) is 0 Å². The smallest absolute Gasteiger partial charge is 0.323 e. The first-order chi connectivity index (χ1) is 13.0. The van der Waals surface area contributed by atoms with Crippen LogP contribution in [0.3, 0.4) is 0 Å². The van der Waals surface area contributed by atoms with E-state index in [0.717, 1.165) is 11.1 Å². The SMILES string of the molecule is CC1C(=O)OC(C)(Cc2ccc(CC3(C)OC(=O)C(C)C(=O)O3)cc2)OC1=O. The zero-order chi connectivity index (χ0) is 20.7. The summed E-state index contributed by atoms with van der Waals surface area (Å²) in [6.45, 7) is 5.94. The molecule has 0 bridgehead atoms. The molecule has 1 aromatic carbocycles. The molecule has 2 saturated heterocycles. The second-order valence-corrected chi connectivity index (χ2v) is 7.57. The van der Waals surface area contributed by atoms with Crippen molar-refractivity contribution in [1.82, 2.24) is 0 Å². The van der Waals surface area contributed by atoms with Crippen LogP contribution in [0, 0.1) is 11.8 Å². The Balaban J connectivity index is 1.67. The summed E-state index contributed by atoms with van der Waals surface area (Å²) in [6, 6.07) is 7.11. The molecule has 8 heteroatoms. The average molecular weight is 390 g/mol. The van der Waals surface area contributed by atoms with Gasteiger partial charge in [-0.15, -0.1) is 0 Å². The lowest BCUT2D eigenvalue weighted by Crippen LogP contribution is -2.48. The third kappa shape index (κ3) is 4.00. The van der Waals surface area contributed by atoms with Gasteiger partial charge in [-0.3, -0.25) is 19.2 Å². The number of esters is 4. The van der Waals surface area contributed by atoms with E-state index in [1.54, 1.807) is 24.3 Å². The highest BCUT2D eigenvalue weighted by atomic mass is 16.8. The highest BCUT2D eigenvalue weighted by Gasteiger charge is 2.45. The molecule has 1 aromatic rings. The summed E-state index contributed by atoms with van der Waals surface area (Å²) in [6.07, 6.45) is 0.381. The van der Waals surface area contributed by atoms with Gasteiger partial charge in [-0.25, -0.2) is 0 Å². The van der Waals surface area contributed by atoms with Crippen LogP contribution in [-0.2, 0) is 51.0 Å². The normalized spacial score (nSPS) is 32.9. The predicted molar refractivity (Wildman–Crippen MR) is 93.4 cm³/mol. The number of carbonyl (C=O) groups is 4. The maximum absolute atomic E-state index is 11.8. The summed E-state index contributed by atoms with van der Waals surface area (Å²) in [5.41, 5.74) is 1.55. The molecule has 0 unspecified atom stereocenters. The van der Waals surface area contributed by atoms with Gasteiger partial charge in [0, 0.05) is 26.7 Å². The van der Waals surface area contributed by atoms with Crippen molar-refractivity contribution in [3.63, 3.8) is 0 Å². The molecule has 0 saturated carbocycles. The standard InChI is InChI=1S/C20H22O8/c1-11-15(21)25-19(3,26-16(11)22)9-13-5-7-14(8-6-13)10-20(4)27-17(23)12(2)18(24)28-20/h5-8,11-12H,9-10H2,1-4H3. The number of benzene rings is 1. The van der Waals surface area contributed by atoms with Crippen LogP contribution in [0.1, 0.15) is 38.8 Å². The number of cyclic esters (lactones) is 4. The number of hydrogen-bond acceptors (Lipinski definition) is 8. The summed E-state index contributed by atoms with van der Waals surface area (Å²) in [5.74, 6) is -7.04. The van der Waals surface area contributed by atoms with E-state index in [2.05, 4.69) is 0 Å². The zero-order valence-corrected chi connectivity index (χ0v) is 16.1. The van der Waals surface area contributed by atoms with Crippen molar-refractivity contribution in [2.24, 2.45) is 11.8 Å². The zero-order valence-electron chi connectivity index (χ0n) is 16.1. The highest BCUT2D eigenvalue weighted by Crippen LogP contribution is 2.29. The lowest BCUT2D eigenvalue weighted by molar-refractivity contribution is -0.246. The van der Waals surface area contributed by atoms with Gasteiger partial charge in [0.1, 0.15) is 0 Å². The fourth-order valence-corrected chi connectivity index (χ4v) is 3.10. The molecule has 0 spiro atoms. The molecule has 0 radical (unpaired) electrons. The van der Waals surface area contributed by atoms with Crippen LogP contribution in [-0.4, -0.2) is 35.5 Å². The van der Waals surface area contributed by atoms with Crippen molar-refractivity contribution in [2.75, 3.05) is 0 Å². The first-order valence-electron chi connectivity index (χ1n) is 8.99. The van der Waals surface area contributed by atoms with Crippen molar-refractivity contribution >= 4 is 23.9 Å². The van der Waals surface area contributed by atoms with Crippen molar-refractivity contribution in [2.45, 2.75) is 52.1 Å². The lowest BCUT2D eigenvalue weighted by atomic mass is 9.99. The van der Waals surface area contributed by atoms with Crippen LogP contribution in [0.15, 0.2) is 24.3 Å². The monoisotopic (exact) mass is 390 g/mol. The molecule has 150 valence electrons. The Kier molecular flexibility index (Phi) is 4.91. The second-order valence-electron chi connectivity index (χ2n) is 7.57. The van der Waals surface area contributed by atoms with Gasteiger partial charge in [-0.05, 0) is 25.0 Å². The third-order valence-electron chi connectivity index (χ3n) is 4.75. The third-order valence-corrected chi connectivity index (χ3v) is 4.75. The molecule has 2 aliphatic heterocycles. The van der Waals surface area contributed by atoms with Crippen LogP contribution < -0.4 is 0 Å². The van der Waals surface area contributed by atoms with Crippen molar-refractivity contribution in [3.05, 3.63) is 35.4 Å². The minimum atomic E-state index is -1.36. The summed E-state index contributed by atoms with van der Waals surface area (Å²) < 4.78 is 21.1. The summed E-state index contributed by atoms with van der Waals surface area (Å²) in [5, 5.41) is 0. The van der Waals surface area contributed by atoms with E-state index in [0.29, 0.717) is 0 Å². The maximum Gasteiger partial charge on any atom is 0.323 e. The molecular formula is C20H22O8. The number of carbonyl (C=O) groups excluding carboxylic acids is 4. The van der Waals surface area contributed by atoms with Gasteiger partial charge >= 0.3 is 23.9 Å². The number of hydrogen-bond donors (Lipinski definition) is 0. The molecule has 2 fully saturated rings. The van der Waals surface area contributed by atoms with E-state index in [-0.39, 0.29) is 12.8 Å². The van der Waals surface area contributed by atoms with Crippen LogP contribution in [0.2, 0.25) is 0 Å². The molecule has 2 heterocycles. The lowest BCUT2D eigenvalue weighted by Gasteiger charge is -2.35. The van der Waals surface area contributed by atoms with Crippen LogP contribution >= 0.6 is 0 Å². The van der Waals surface area contributed by atoms with Gasteiger partial charge < -0.3 is 18.9 Å². The van der Waals surface area contributed by atoms with E-state index < -0.39 is 47.3 Å². The van der Waals surface area contributed by atoms with Gasteiger partial charge in [-0.2, -0.15) is 0 Å². The van der Waals surface area contributed by atoms with Crippen LogP contribution in [0.4, 0.5) is 0 Å². The van der Waals surface area contributed by atoms with Gasteiger partial charge in [0.2, 0.25) is 0 Å². The highest BCUT2D eigenvalue weighted by molar-refractivity contribution is 5.96. The molecular weight excluding hydrogens is 368 g/mol. The fourth-order valence-electron chi connectivity index (χ4n) is 3.10. The summed E-state index contributed by atoms with van der Waals surface area (Å²) in [4.78, 5) is 47.2. The number of ether oxygens (including phenoxy) is 4. The molecule has 2 aliphatic rings. The second kappa shape index (κ2) is 6.92. The fraction of sp³-hybridized carbons (Fsp3) is 0.500. The molecule has 0 aliphatic carbocycles. The Hall–Kier alpha value is -2.90. The average Bonchev–Trinajstić information content (AvgIpc) is 2.59. The van der Waals surface area contributed by atoms with Gasteiger partial charge in [0.15, 0.2) is 11.8 Å². The first kappa shape index (κ1) is 19.9. The summed E-state index contributed by atoms with van der Waals surface area (Å²) in [7, 11) is 0. The van der Waals surface area contributed by atoms with Crippen molar-refractivity contribution in [1.29, 1.82) is 0 Å². The predicted octanol–water partition coefficient (Wildman–Crippen LogP) is 1.68. The van der Waals surface area contributed by atoms with Gasteiger partial charge in [0.25, 0.3) is 11.6 Å². The van der Waals surface area contributed by atoms with E-state index in [9.17, 15) is 19.2 Å². The molecule has 0 amide bonds. The van der Waals surface area contributed by atoms with E-state index in [1.165, 1.54) is 27.7 Å². The minimum Gasteiger partial charge on any atom is -0.422 e. The van der Waals surface area contributed by atoms with Crippen LogP contribution in [0.25, 0.3) is 0 Å². The van der Waals surface area contributed by atoms with E-state index in [1.807, 2.05) is 0 Å². The molecule has 28 heavy (non-hydrogen) atoms. The Morgan fingerprint density at radius 1 is 0.643 bits per heavy atom. The molecule has 0 atom stereocenters. The molecule has 3 rings (SSSR count). The minimum absolute atomic E-state index is 0.191. The Morgan fingerprint density at radius 3 is 1.14 bits per heavy atom. The van der Waals surface area contributed by atoms with Gasteiger partial charge in [-0.1, -0.05) is 24.3 Å². The van der Waals surface area contributed by atoms with Crippen LogP contribution in [0.5, 0.6) is 0 Å². The largest absolute Gasteiger partial charge is 0.422 e. The number of rotatable bonds is 4. The summed E-state index contributed by atoms with van der Waals surface area (Å²) >= 11 is 0. The van der Waals surface area contributed by atoms with Crippen molar-refractivity contribution in [3.8, 4) is 0 Å². The molecule has 8 nitrogen and oxygen atoms in total. The van der Waals surface area contributed by atoms with E-state index in [4.69, 9.17) is 18.9 Å². The first-order valence-corrected chi connectivity index (χ1v) is 8.99. The Morgan fingerprint density at radius 2 is 0.893 bits per heavy atom. The van der Waals surface area contributed by atoms with E-state index >= 15 is 0 Å². The maximum atomic E-state index is 11.8. The molecule has 0 aromatic heterocycles. The topological polar surface area (TPSA) is 105 Å². The Labute approximate surface area is 162 Å². The quantitative estimate of drug-likeness (QED) is 0.565. The van der Waals surface area contributed by atoms with Crippen molar-refractivity contribution < 1.29 is 38.1 Å². The Bertz CT molecular complexity index is 720.